The third-order valence-electron chi connectivity index (χ3n) is 3.32. The number of aryl methyl sites for hydroxylation is 1. The number of nitrogens with zero attached hydrogens (tertiary/aromatic N) is 1. The minimum atomic E-state index is -0.211. The third-order valence-corrected chi connectivity index (χ3v) is 3.56. The van der Waals surface area contributed by atoms with Gasteiger partial charge in [0.15, 0.2) is 0 Å². The van der Waals surface area contributed by atoms with Gasteiger partial charge in [0.1, 0.15) is 0 Å². The summed E-state index contributed by atoms with van der Waals surface area (Å²) in [7, 11) is 1.62. The highest BCUT2D eigenvalue weighted by atomic mass is 35.5. The molecule has 2 aromatic rings. The van der Waals surface area contributed by atoms with Gasteiger partial charge >= 0.3 is 0 Å². The summed E-state index contributed by atoms with van der Waals surface area (Å²) in [6, 6.07) is 13.1. The van der Waals surface area contributed by atoms with E-state index in [0.717, 1.165) is 11.3 Å². The number of hydrogen-bond donors (Lipinski definition) is 1. The molecule has 0 saturated heterocycles. The quantitative estimate of drug-likeness (QED) is 0.853. The van der Waals surface area contributed by atoms with Crippen molar-refractivity contribution in [2.24, 2.45) is 0 Å². The van der Waals surface area contributed by atoms with E-state index in [1.54, 1.807) is 13.3 Å². The number of carbonyl (C=O) groups is 1. The second kappa shape index (κ2) is 8.51. The number of methoxy groups -OCH3 is 1. The minimum absolute atomic E-state index is 0.0188. The number of amides is 1. The fourth-order valence-corrected chi connectivity index (χ4v) is 2.33. The molecule has 5 heteroatoms. The predicted molar refractivity (Wildman–Crippen MR) is 86.8 cm³/mol. The second-order valence-corrected chi connectivity index (χ2v) is 5.34. The largest absolute Gasteiger partial charge is 0.375 e. The molecular formula is C17H19ClN2O2. The number of rotatable bonds is 7. The molecule has 1 aromatic heterocycles. The Morgan fingerprint density at radius 3 is 2.86 bits per heavy atom. The predicted octanol–water partition coefficient (Wildman–Crippen LogP) is 3.17. The SMILES string of the molecule is COC(CNC(=O)CCc1ccccn1)c1cccc(Cl)c1. The van der Waals surface area contributed by atoms with Crippen LogP contribution in [0.4, 0.5) is 0 Å². The molecule has 1 aromatic carbocycles. The van der Waals surface area contributed by atoms with Crippen LogP contribution in [0.3, 0.4) is 0 Å². The molecule has 0 radical (unpaired) electrons. The zero-order valence-corrected chi connectivity index (χ0v) is 13.2. The Kier molecular flexibility index (Phi) is 6.37. The maximum atomic E-state index is 11.9. The Labute approximate surface area is 135 Å². The zero-order valence-electron chi connectivity index (χ0n) is 12.5. The number of benzene rings is 1. The van der Waals surface area contributed by atoms with E-state index in [2.05, 4.69) is 10.3 Å². The molecule has 116 valence electrons. The summed E-state index contributed by atoms with van der Waals surface area (Å²) in [5, 5.41) is 3.54. The molecule has 4 nitrogen and oxygen atoms in total. The van der Waals surface area contributed by atoms with Gasteiger partial charge in [-0.3, -0.25) is 9.78 Å². The van der Waals surface area contributed by atoms with Gasteiger partial charge in [-0.15, -0.1) is 0 Å². The van der Waals surface area contributed by atoms with Gasteiger partial charge in [0, 0.05) is 37.0 Å². The summed E-state index contributed by atoms with van der Waals surface area (Å²) >= 11 is 5.98. The van der Waals surface area contributed by atoms with Crippen molar-refractivity contribution in [1.29, 1.82) is 0 Å². The van der Waals surface area contributed by atoms with Crippen LogP contribution in [-0.4, -0.2) is 24.5 Å². The molecule has 0 bridgehead atoms. The summed E-state index contributed by atoms with van der Waals surface area (Å²) in [6.07, 6.45) is 2.55. The number of nitrogens with one attached hydrogen (secondary N) is 1. The second-order valence-electron chi connectivity index (χ2n) is 4.90. The summed E-state index contributed by atoms with van der Waals surface area (Å²) in [5.74, 6) is -0.0188. The maximum absolute atomic E-state index is 11.9. The minimum Gasteiger partial charge on any atom is -0.375 e. The molecular weight excluding hydrogens is 300 g/mol. The molecule has 0 saturated carbocycles. The average Bonchev–Trinajstić information content (AvgIpc) is 2.54. The van der Waals surface area contributed by atoms with Gasteiger partial charge in [0.2, 0.25) is 5.91 Å². The van der Waals surface area contributed by atoms with E-state index in [4.69, 9.17) is 16.3 Å². The number of halogens is 1. The van der Waals surface area contributed by atoms with Crippen LogP contribution in [0.25, 0.3) is 0 Å². The fourth-order valence-electron chi connectivity index (χ4n) is 2.13. The molecule has 1 unspecified atom stereocenters. The Morgan fingerprint density at radius 2 is 2.18 bits per heavy atom. The van der Waals surface area contributed by atoms with E-state index in [0.29, 0.717) is 24.4 Å². The monoisotopic (exact) mass is 318 g/mol. The molecule has 0 aliphatic rings. The van der Waals surface area contributed by atoms with Crippen molar-refractivity contribution in [3.8, 4) is 0 Å². The van der Waals surface area contributed by atoms with Crippen molar-refractivity contribution in [1.82, 2.24) is 10.3 Å². The number of carbonyl (C=O) groups excluding carboxylic acids is 1. The van der Waals surface area contributed by atoms with Gasteiger partial charge in [0.05, 0.1) is 6.10 Å². The van der Waals surface area contributed by atoms with Crippen molar-refractivity contribution in [2.45, 2.75) is 18.9 Å². The van der Waals surface area contributed by atoms with Gasteiger partial charge in [-0.05, 0) is 36.2 Å². The lowest BCUT2D eigenvalue weighted by Gasteiger charge is -2.16. The van der Waals surface area contributed by atoms with E-state index in [1.807, 2.05) is 42.5 Å². The van der Waals surface area contributed by atoms with E-state index in [9.17, 15) is 4.79 Å². The lowest BCUT2D eigenvalue weighted by molar-refractivity contribution is -0.121. The fraction of sp³-hybridized carbons (Fsp3) is 0.294. The van der Waals surface area contributed by atoms with Gasteiger partial charge < -0.3 is 10.1 Å². The lowest BCUT2D eigenvalue weighted by atomic mass is 10.1. The first-order valence-corrected chi connectivity index (χ1v) is 7.51. The molecule has 22 heavy (non-hydrogen) atoms. The number of pyridine rings is 1. The summed E-state index contributed by atoms with van der Waals surface area (Å²) < 4.78 is 5.42. The van der Waals surface area contributed by atoms with Gasteiger partial charge in [-0.1, -0.05) is 29.8 Å². The van der Waals surface area contributed by atoms with Crippen LogP contribution in [-0.2, 0) is 16.0 Å². The molecule has 0 aliphatic carbocycles. The van der Waals surface area contributed by atoms with Crippen LogP contribution < -0.4 is 5.32 Å². The first-order valence-electron chi connectivity index (χ1n) is 7.14. The summed E-state index contributed by atoms with van der Waals surface area (Å²) in [6.45, 7) is 0.415. The van der Waals surface area contributed by atoms with Gasteiger partial charge in [-0.25, -0.2) is 0 Å². The van der Waals surface area contributed by atoms with Crippen LogP contribution in [0.15, 0.2) is 48.7 Å². The molecule has 2 rings (SSSR count). The van der Waals surface area contributed by atoms with Gasteiger partial charge in [0.25, 0.3) is 0 Å². The lowest BCUT2D eigenvalue weighted by Crippen LogP contribution is -2.29. The van der Waals surface area contributed by atoms with Crippen LogP contribution in [0.2, 0.25) is 5.02 Å². The Balaban J connectivity index is 1.81. The highest BCUT2D eigenvalue weighted by molar-refractivity contribution is 6.30. The van der Waals surface area contributed by atoms with E-state index >= 15 is 0 Å². The first-order chi connectivity index (χ1) is 10.7. The highest BCUT2D eigenvalue weighted by Crippen LogP contribution is 2.19. The van der Waals surface area contributed by atoms with E-state index < -0.39 is 0 Å². The molecule has 0 fully saturated rings. The van der Waals surface area contributed by atoms with Crippen LogP contribution in [0, 0.1) is 0 Å². The first kappa shape index (κ1) is 16.5. The standard InChI is InChI=1S/C17H19ClN2O2/c1-22-16(13-5-4-6-14(18)11-13)12-20-17(21)9-8-15-7-2-3-10-19-15/h2-7,10-11,16H,8-9,12H2,1H3,(H,20,21). The normalized spacial score (nSPS) is 11.9. The van der Waals surface area contributed by atoms with Crippen molar-refractivity contribution < 1.29 is 9.53 Å². The molecule has 0 aliphatic heterocycles. The molecule has 0 spiro atoms. The topological polar surface area (TPSA) is 51.2 Å². The number of ether oxygens (including phenoxy) is 1. The van der Waals surface area contributed by atoms with E-state index in [-0.39, 0.29) is 12.0 Å². The number of hydrogen-bond acceptors (Lipinski definition) is 3. The Morgan fingerprint density at radius 1 is 1.32 bits per heavy atom. The molecule has 1 atom stereocenters. The average molecular weight is 319 g/mol. The molecule has 1 heterocycles. The van der Waals surface area contributed by atoms with Gasteiger partial charge in [-0.2, -0.15) is 0 Å². The Hall–Kier alpha value is -1.91. The summed E-state index contributed by atoms with van der Waals surface area (Å²) in [4.78, 5) is 16.1. The van der Waals surface area contributed by atoms with Crippen LogP contribution in [0.5, 0.6) is 0 Å². The number of aromatic nitrogens is 1. The van der Waals surface area contributed by atoms with E-state index in [1.165, 1.54) is 0 Å². The Bertz CT molecular complexity index is 605. The van der Waals surface area contributed by atoms with Crippen molar-refractivity contribution in [2.75, 3.05) is 13.7 Å². The smallest absolute Gasteiger partial charge is 0.220 e. The van der Waals surface area contributed by atoms with Crippen LogP contribution in [0.1, 0.15) is 23.8 Å². The zero-order chi connectivity index (χ0) is 15.8. The summed E-state index contributed by atoms with van der Waals surface area (Å²) in [5.41, 5.74) is 1.86. The molecule has 1 N–H and O–H groups in total. The van der Waals surface area contributed by atoms with Crippen molar-refractivity contribution >= 4 is 17.5 Å². The molecule has 1 amide bonds. The van der Waals surface area contributed by atoms with Crippen molar-refractivity contribution in [3.63, 3.8) is 0 Å². The van der Waals surface area contributed by atoms with Crippen LogP contribution >= 0.6 is 11.6 Å². The third kappa shape index (κ3) is 5.13. The maximum Gasteiger partial charge on any atom is 0.220 e. The highest BCUT2D eigenvalue weighted by Gasteiger charge is 2.12. The van der Waals surface area contributed by atoms with Crippen molar-refractivity contribution in [3.05, 3.63) is 64.9 Å².